The highest BCUT2D eigenvalue weighted by atomic mass is 16.6. The van der Waals surface area contributed by atoms with E-state index >= 15 is 19.2 Å². The van der Waals surface area contributed by atoms with Gasteiger partial charge in [0.15, 0.2) is 0 Å². The number of imide groups is 2. The maximum atomic E-state index is 15.7. The third-order valence-corrected chi connectivity index (χ3v) is 17.3. The molecule has 0 spiro atoms. The molecule has 0 radical (unpaired) electrons. The molecule has 0 fully saturated rings. The van der Waals surface area contributed by atoms with Gasteiger partial charge in [-0.3, -0.25) is 29.0 Å². The molecule has 9 aromatic rings. The number of nitrogens with one attached hydrogen (secondary N) is 2. The highest BCUT2D eigenvalue weighted by molar-refractivity contribution is 6.44. The Hall–Kier alpha value is -9.70. The van der Waals surface area contributed by atoms with Crippen molar-refractivity contribution < 1.29 is 57.2 Å². The lowest BCUT2D eigenvalue weighted by molar-refractivity contribution is 0.0508. The lowest BCUT2D eigenvalue weighted by atomic mass is 9.80. The second kappa shape index (κ2) is 24.8. The first-order valence-corrected chi connectivity index (χ1v) is 33.0. The minimum absolute atomic E-state index is 0.0855. The summed E-state index contributed by atoms with van der Waals surface area (Å²) in [6, 6.07) is 37.6. The first kappa shape index (κ1) is 67.7. The number of carbonyl (C=O) groups excluding carboxylic acids is 6. The molecule has 16 nitrogen and oxygen atoms in total. The third kappa shape index (κ3) is 13.7. The molecule has 0 aliphatic carbocycles. The van der Waals surface area contributed by atoms with Crippen LogP contribution in [0.3, 0.4) is 0 Å². The molecule has 0 atom stereocenters. The molecule has 0 bridgehead atoms. The summed E-state index contributed by atoms with van der Waals surface area (Å²) in [5, 5.41) is 8.39. The van der Waals surface area contributed by atoms with Crippen LogP contribution >= 0.6 is 0 Å². The van der Waals surface area contributed by atoms with Gasteiger partial charge in [0.1, 0.15) is 57.2 Å². The van der Waals surface area contributed by atoms with Gasteiger partial charge in [0.2, 0.25) is 0 Å². The normalized spacial score (nSPS) is 13.9. The standard InChI is InChI=1S/C80H88N4O12/c1-75(2,3)45-21-29-49(30-22-45)91-57-41-53-61-54(70(86)83(69(53)85)39-19-37-81-73(89)95-79(13,14)15)43-59(93-51-33-25-47(26-34-51)77(7,8)9)65-66-60(94-52-35-27-48(28-36-52)78(10,11)12)44-56-62-55(71(87)84(72(56)88)40-20-38-82-74(90)96-80(16,17)18)42-58(64(68(62)66)63(57)67(61)65)92-50-31-23-46(24-32-50)76(4,5)6/h21-36,41-44H,19-20,37-40H2,1-18H3,(H,81,89)(H,82,90). The molecular weight excluding hydrogens is 1210 g/mol. The van der Waals surface area contributed by atoms with E-state index in [4.69, 9.17) is 28.4 Å². The van der Waals surface area contributed by atoms with Crippen molar-refractivity contribution in [2.24, 2.45) is 0 Å². The van der Waals surface area contributed by atoms with Crippen molar-refractivity contribution in [1.82, 2.24) is 20.4 Å². The minimum atomic E-state index is -0.754. The SMILES string of the molecule is CC(C)(C)OC(=O)NCCCN1C(=O)c2cc(Oc3ccc(C(C)(C)C)cc3)c3c4c(Oc5ccc(C(C)(C)C)cc5)cc5c6c(cc(Oc7ccc(C(C)(C)C)cc7)c(c7c(Oc8ccc(C(C)(C)C)cc8)cc(c2c37)C1=O)c64)C(=O)N(CCCNC(=O)OC(C)(C)C)C5=O. The summed E-state index contributed by atoms with van der Waals surface area (Å²) in [6.07, 6.45) is -0.898. The zero-order valence-corrected chi connectivity index (χ0v) is 58.6. The summed E-state index contributed by atoms with van der Waals surface area (Å²) in [5.41, 5.74) is 2.37. The Bertz CT molecular complexity index is 4030. The first-order chi connectivity index (χ1) is 44.8. The molecule has 6 amide bonds. The van der Waals surface area contributed by atoms with E-state index in [0.29, 0.717) is 66.1 Å². The average Bonchev–Trinajstić information content (AvgIpc) is 0.670. The topological polar surface area (TPSA) is 188 Å². The first-order valence-electron chi connectivity index (χ1n) is 33.0. The summed E-state index contributed by atoms with van der Waals surface area (Å²) in [6.45, 7) is 36.1. The van der Waals surface area contributed by atoms with E-state index in [2.05, 4.69) is 93.7 Å². The van der Waals surface area contributed by atoms with E-state index in [-0.39, 0.29) is 106 Å². The quantitative estimate of drug-likeness (QED) is 0.0404. The lowest BCUT2D eigenvalue weighted by Crippen LogP contribution is -2.42. The van der Waals surface area contributed by atoms with Crippen molar-refractivity contribution in [2.45, 2.75) is 170 Å². The van der Waals surface area contributed by atoms with Crippen LogP contribution < -0.4 is 29.6 Å². The Kier molecular flexibility index (Phi) is 17.5. The second-order valence-electron chi connectivity index (χ2n) is 31.3. The zero-order valence-electron chi connectivity index (χ0n) is 58.6. The number of benzene rings is 9. The lowest BCUT2D eigenvalue weighted by Gasteiger charge is -2.32. The summed E-state index contributed by atoms with van der Waals surface area (Å²) >= 11 is 0. The second-order valence-corrected chi connectivity index (χ2v) is 31.3. The van der Waals surface area contributed by atoms with Gasteiger partial charge in [0.05, 0.1) is 22.3 Å². The molecule has 500 valence electrons. The molecule has 2 aliphatic heterocycles. The van der Waals surface area contributed by atoms with Gasteiger partial charge in [0.25, 0.3) is 23.6 Å². The number of amides is 6. The van der Waals surface area contributed by atoms with Gasteiger partial charge in [-0.2, -0.15) is 0 Å². The predicted molar refractivity (Wildman–Crippen MR) is 377 cm³/mol. The molecule has 9 aromatic carbocycles. The fourth-order valence-electron chi connectivity index (χ4n) is 12.4. The molecule has 96 heavy (non-hydrogen) atoms. The number of hydrogen-bond acceptors (Lipinski definition) is 12. The molecule has 0 saturated heterocycles. The van der Waals surface area contributed by atoms with E-state index in [1.807, 2.05) is 97.1 Å². The van der Waals surface area contributed by atoms with Crippen LogP contribution in [0, 0.1) is 0 Å². The zero-order chi connectivity index (χ0) is 69.5. The molecule has 16 heteroatoms. The van der Waals surface area contributed by atoms with E-state index in [1.54, 1.807) is 65.8 Å². The van der Waals surface area contributed by atoms with Gasteiger partial charge in [-0.15, -0.1) is 0 Å². The summed E-state index contributed by atoms with van der Waals surface area (Å²) in [4.78, 5) is 91.0. The average molecular weight is 1300 g/mol. The van der Waals surface area contributed by atoms with Gasteiger partial charge < -0.3 is 39.1 Å². The maximum absolute atomic E-state index is 15.7. The van der Waals surface area contributed by atoms with Crippen LogP contribution in [0.4, 0.5) is 9.59 Å². The van der Waals surface area contributed by atoms with Crippen molar-refractivity contribution >= 4 is 78.9 Å². The third-order valence-electron chi connectivity index (χ3n) is 17.3. The Labute approximate surface area is 562 Å². The van der Waals surface area contributed by atoms with Crippen molar-refractivity contribution in [3.05, 3.63) is 166 Å². The molecule has 0 unspecified atom stereocenters. The molecule has 11 rings (SSSR count). The molecule has 2 N–H and O–H groups in total. The number of nitrogens with zero attached hydrogens (tertiary/aromatic N) is 2. The Morgan fingerprint density at radius 1 is 0.323 bits per heavy atom. The molecule has 0 saturated carbocycles. The van der Waals surface area contributed by atoms with E-state index < -0.39 is 47.0 Å². The van der Waals surface area contributed by atoms with Gasteiger partial charge in [-0.25, -0.2) is 9.59 Å². The van der Waals surface area contributed by atoms with Gasteiger partial charge in [0, 0.05) is 69.3 Å². The van der Waals surface area contributed by atoms with Gasteiger partial charge in [-0.05, 0) is 171 Å². The molecule has 2 heterocycles. The van der Waals surface area contributed by atoms with Crippen molar-refractivity contribution in [2.75, 3.05) is 26.2 Å². The van der Waals surface area contributed by atoms with Crippen LogP contribution in [0.5, 0.6) is 46.0 Å². The Morgan fingerprint density at radius 2 is 0.542 bits per heavy atom. The fraction of sp³-hybridized carbons (Fsp3) is 0.375. The van der Waals surface area contributed by atoms with Gasteiger partial charge in [-0.1, -0.05) is 132 Å². The van der Waals surface area contributed by atoms with Crippen LogP contribution in [0.1, 0.15) is 201 Å². The number of carbonyl (C=O) groups is 6. The smallest absolute Gasteiger partial charge is 0.407 e. The largest absolute Gasteiger partial charge is 0.457 e. The van der Waals surface area contributed by atoms with Crippen molar-refractivity contribution in [3.63, 3.8) is 0 Å². The van der Waals surface area contributed by atoms with Crippen molar-refractivity contribution in [3.8, 4) is 46.0 Å². The predicted octanol–water partition coefficient (Wildman–Crippen LogP) is 19.1. The number of ether oxygens (including phenoxy) is 6. The number of fused-ring (bicyclic) bond motifs is 2. The highest BCUT2D eigenvalue weighted by Gasteiger charge is 2.42. The monoisotopic (exact) mass is 1300 g/mol. The summed E-state index contributed by atoms with van der Waals surface area (Å²) < 4.78 is 40.0. The fourth-order valence-corrected chi connectivity index (χ4v) is 12.4. The highest BCUT2D eigenvalue weighted by Crippen LogP contribution is 2.58. The van der Waals surface area contributed by atoms with Crippen LogP contribution in [-0.4, -0.2) is 83.0 Å². The Morgan fingerprint density at radius 3 is 0.740 bits per heavy atom. The van der Waals surface area contributed by atoms with Crippen LogP contribution in [0.2, 0.25) is 0 Å². The van der Waals surface area contributed by atoms with E-state index in [0.717, 1.165) is 22.3 Å². The number of rotatable bonds is 16. The molecule has 0 aromatic heterocycles. The van der Waals surface area contributed by atoms with E-state index in [9.17, 15) is 9.59 Å². The molecular formula is C80H88N4O12. The van der Waals surface area contributed by atoms with E-state index in [1.165, 1.54) is 9.80 Å². The summed E-state index contributed by atoms with van der Waals surface area (Å²) in [5.74, 6) is -0.0397. The number of hydrogen-bond donors (Lipinski definition) is 2. The maximum Gasteiger partial charge on any atom is 0.407 e. The van der Waals surface area contributed by atoms with Crippen LogP contribution in [-0.2, 0) is 31.1 Å². The van der Waals surface area contributed by atoms with Crippen molar-refractivity contribution in [1.29, 1.82) is 0 Å². The summed E-state index contributed by atoms with van der Waals surface area (Å²) in [7, 11) is 0. The van der Waals surface area contributed by atoms with Gasteiger partial charge >= 0.3 is 12.2 Å². The van der Waals surface area contributed by atoms with Crippen LogP contribution in [0.15, 0.2) is 121 Å². The molecule has 2 aliphatic rings. The number of alkyl carbamates (subject to hydrolysis) is 2. The minimum Gasteiger partial charge on any atom is -0.457 e. The van der Waals surface area contributed by atoms with Crippen LogP contribution in [0.25, 0.3) is 43.1 Å². The Balaban J connectivity index is 1.26.